The van der Waals surface area contributed by atoms with Crippen molar-refractivity contribution in [1.29, 1.82) is 0 Å². The SMILES string of the molecule is CCCCCC1CCC(COc2ncc(-c3ccc(OCCCC)c(Br)c3)cn2)CC1. The number of rotatable bonds is 12. The van der Waals surface area contributed by atoms with Gasteiger partial charge in [-0.1, -0.05) is 64.9 Å². The quantitative estimate of drug-likeness (QED) is 0.285. The van der Waals surface area contributed by atoms with Crippen LogP contribution in [0.2, 0.25) is 0 Å². The number of nitrogens with zero attached hydrogens (tertiary/aromatic N) is 2. The summed E-state index contributed by atoms with van der Waals surface area (Å²) in [7, 11) is 0. The van der Waals surface area contributed by atoms with Gasteiger partial charge in [-0.15, -0.1) is 0 Å². The molecular weight excluding hydrogens is 452 g/mol. The molecule has 1 aliphatic carbocycles. The Morgan fingerprint density at radius 3 is 2.26 bits per heavy atom. The van der Waals surface area contributed by atoms with Gasteiger partial charge in [-0.2, -0.15) is 0 Å². The predicted octanol–water partition coefficient (Wildman–Crippen LogP) is 7.85. The number of halogens is 1. The first-order chi connectivity index (χ1) is 15.2. The number of ether oxygens (including phenoxy) is 2. The van der Waals surface area contributed by atoms with E-state index in [0.717, 1.165) is 53.3 Å². The van der Waals surface area contributed by atoms with E-state index in [1.165, 1.54) is 51.4 Å². The maximum atomic E-state index is 5.92. The molecule has 1 heterocycles. The van der Waals surface area contributed by atoms with E-state index in [4.69, 9.17) is 9.47 Å². The van der Waals surface area contributed by atoms with E-state index in [-0.39, 0.29) is 0 Å². The molecule has 0 saturated heterocycles. The molecule has 0 N–H and O–H groups in total. The van der Waals surface area contributed by atoms with Gasteiger partial charge in [0.2, 0.25) is 0 Å². The predicted molar refractivity (Wildman–Crippen MR) is 131 cm³/mol. The van der Waals surface area contributed by atoms with Gasteiger partial charge in [0.1, 0.15) is 5.75 Å². The van der Waals surface area contributed by atoms with Gasteiger partial charge in [-0.05, 0) is 64.7 Å². The lowest BCUT2D eigenvalue weighted by molar-refractivity contribution is 0.169. The summed E-state index contributed by atoms with van der Waals surface area (Å²) in [5, 5.41) is 0. The van der Waals surface area contributed by atoms with Gasteiger partial charge in [0.25, 0.3) is 0 Å². The molecule has 1 aliphatic rings. The highest BCUT2D eigenvalue weighted by molar-refractivity contribution is 9.10. The minimum Gasteiger partial charge on any atom is -0.492 e. The summed E-state index contributed by atoms with van der Waals surface area (Å²) >= 11 is 3.61. The van der Waals surface area contributed by atoms with Crippen molar-refractivity contribution in [3.63, 3.8) is 0 Å². The smallest absolute Gasteiger partial charge is 0.316 e. The van der Waals surface area contributed by atoms with Crippen LogP contribution in [-0.4, -0.2) is 23.2 Å². The molecule has 0 unspecified atom stereocenters. The van der Waals surface area contributed by atoms with Crippen molar-refractivity contribution in [2.45, 2.75) is 78.1 Å². The van der Waals surface area contributed by atoms with Crippen LogP contribution in [0.4, 0.5) is 0 Å². The summed E-state index contributed by atoms with van der Waals surface area (Å²) in [5.41, 5.74) is 2.03. The average Bonchev–Trinajstić information content (AvgIpc) is 2.80. The van der Waals surface area contributed by atoms with Crippen LogP contribution in [0.15, 0.2) is 35.1 Å². The van der Waals surface area contributed by atoms with E-state index in [9.17, 15) is 0 Å². The Morgan fingerprint density at radius 2 is 1.58 bits per heavy atom. The highest BCUT2D eigenvalue weighted by Crippen LogP contribution is 2.33. The van der Waals surface area contributed by atoms with Crippen LogP contribution >= 0.6 is 15.9 Å². The molecule has 1 aromatic carbocycles. The molecule has 31 heavy (non-hydrogen) atoms. The van der Waals surface area contributed by atoms with Crippen molar-refractivity contribution in [2.75, 3.05) is 13.2 Å². The zero-order valence-corrected chi connectivity index (χ0v) is 20.7. The fourth-order valence-corrected chi connectivity index (χ4v) is 4.72. The maximum Gasteiger partial charge on any atom is 0.316 e. The summed E-state index contributed by atoms with van der Waals surface area (Å²) in [6, 6.07) is 6.58. The highest BCUT2D eigenvalue weighted by Gasteiger charge is 2.21. The van der Waals surface area contributed by atoms with Crippen LogP contribution in [0.3, 0.4) is 0 Å². The molecule has 0 bridgehead atoms. The van der Waals surface area contributed by atoms with Gasteiger partial charge < -0.3 is 9.47 Å². The van der Waals surface area contributed by atoms with Gasteiger partial charge in [0.05, 0.1) is 17.7 Å². The second kappa shape index (κ2) is 13.0. The Hall–Kier alpha value is -1.62. The highest BCUT2D eigenvalue weighted by atomic mass is 79.9. The van der Waals surface area contributed by atoms with Gasteiger partial charge in [0, 0.05) is 18.0 Å². The molecule has 3 rings (SSSR count). The molecule has 0 spiro atoms. The van der Waals surface area contributed by atoms with Crippen LogP contribution in [0, 0.1) is 11.8 Å². The standard InChI is InChI=1S/C26H37BrN2O2/c1-3-5-7-8-20-9-11-21(12-10-20)19-31-26-28-17-23(18-29-26)22-13-14-25(24(27)16-22)30-15-6-4-2/h13-14,16-18,20-21H,3-12,15,19H2,1-2H3. The second-order valence-corrected chi connectivity index (χ2v) is 9.65. The molecule has 1 aromatic heterocycles. The first-order valence-electron chi connectivity index (χ1n) is 12.1. The van der Waals surface area contributed by atoms with Gasteiger partial charge in [0.15, 0.2) is 0 Å². The van der Waals surface area contributed by atoms with Crippen LogP contribution in [0.1, 0.15) is 78.1 Å². The van der Waals surface area contributed by atoms with E-state index in [1.807, 2.05) is 24.5 Å². The summed E-state index contributed by atoms with van der Waals surface area (Å²) in [4.78, 5) is 8.87. The molecule has 170 valence electrons. The molecule has 1 fully saturated rings. The Labute approximate surface area is 196 Å². The van der Waals surface area contributed by atoms with Gasteiger partial charge in [-0.3, -0.25) is 0 Å². The summed E-state index contributed by atoms with van der Waals surface area (Å²) in [6.07, 6.45) is 16.6. The monoisotopic (exact) mass is 488 g/mol. The summed E-state index contributed by atoms with van der Waals surface area (Å²) in [6.45, 7) is 5.91. The first kappa shape index (κ1) is 24.0. The largest absolute Gasteiger partial charge is 0.492 e. The van der Waals surface area contributed by atoms with E-state index in [1.54, 1.807) is 0 Å². The molecule has 0 radical (unpaired) electrons. The van der Waals surface area contributed by atoms with Crippen molar-refractivity contribution in [3.8, 4) is 22.9 Å². The van der Waals surface area contributed by atoms with E-state index in [0.29, 0.717) is 11.9 Å². The van der Waals surface area contributed by atoms with Gasteiger partial charge >= 0.3 is 6.01 Å². The average molecular weight is 489 g/mol. The van der Waals surface area contributed by atoms with Crippen molar-refractivity contribution in [2.24, 2.45) is 11.8 Å². The Bertz CT molecular complexity index is 773. The van der Waals surface area contributed by atoms with Crippen molar-refractivity contribution < 1.29 is 9.47 Å². The number of benzene rings is 1. The number of hydrogen-bond donors (Lipinski definition) is 0. The lowest BCUT2D eigenvalue weighted by atomic mass is 9.80. The maximum absolute atomic E-state index is 5.92. The number of hydrogen-bond acceptors (Lipinski definition) is 4. The van der Waals surface area contributed by atoms with E-state index in [2.05, 4.69) is 45.8 Å². The third kappa shape index (κ3) is 7.78. The molecule has 0 amide bonds. The summed E-state index contributed by atoms with van der Waals surface area (Å²) in [5.74, 6) is 2.45. The minimum absolute atomic E-state index is 0.479. The molecular formula is C26H37BrN2O2. The zero-order valence-electron chi connectivity index (χ0n) is 19.1. The molecule has 5 heteroatoms. The Kier molecular flexibility index (Phi) is 10.1. The van der Waals surface area contributed by atoms with Crippen molar-refractivity contribution in [3.05, 3.63) is 35.1 Å². The fraction of sp³-hybridized carbons (Fsp3) is 0.615. The third-order valence-corrected chi connectivity index (χ3v) is 6.90. The van der Waals surface area contributed by atoms with Crippen LogP contribution < -0.4 is 9.47 Å². The Morgan fingerprint density at radius 1 is 0.871 bits per heavy atom. The Balaban J connectivity index is 1.45. The number of aromatic nitrogens is 2. The lowest BCUT2D eigenvalue weighted by Crippen LogP contribution is -2.20. The first-order valence-corrected chi connectivity index (χ1v) is 12.9. The fourth-order valence-electron chi connectivity index (χ4n) is 4.23. The summed E-state index contributed by atoms with van der Waals surface area (Å²) < 4.78 is 12.7. The molecule has 2 aromatic rings. The van der Waals surface area contributed by atoms with E-state index < -0.39 is 0 Å². The van der Waals surface area contributed by atoms with Crippen LogP contribution in [0.5, 0.6) is 11.8 Å². The second-order valence-electron chi connectivity index (χ2n) is 8.80. The zero-order chi connectivity index (χ0) is 21.9. The molecule has 4 nitrogen and oxygen atoms in total. The van der Waals surface area contributed by atoms with Gasteiger partial charge in [-0.25, -0.2) is 9.97 Å². The van der Waals surface area contributed by atoms with E-state index >= 15 is 0 Å². The van der Waals surface area contributed by atoms with Crippen LogP contribution in [0.25, 0.3) is 11.1 Å². The molecule has 0 atom stereocenters. The molecule has 1 saturated carbocycles. The molecule has 0 aliphatic heterocycles. The minimum atomic E-state index is 0.479. The van der Waals surface area contributed by atoms with Crippen LogP contribution in [-0.2, 0) is 0 Å². The van der Waals surface area contributed by atoms with Crippen molar-refractivity contribution in [1.82, 2.24) is 9.97 Å². The number of unbranched alkanes of at least 4 members (excludes halogenated alkanes) is 3. The third-order valence-electron chi connectivity index (χ3n) is 6.28. The topological polar surface area (TPSA) is 44.2 Å². The van der Waals surface area contributed by atoms with Crippen molar-refractivity contribution >= 4 is 15.9 Å². The lowest BCUT2D eigenvalue weighted by Gasteiger charge is -2.28. The normalized spacial score (nSPS) is 18.7.